The van der Waals surface area contributed by atoms with Crippen molar-refractivity contribution in [3.8, 4) is 0 Å². The first-order valence-electron chi connectivity index (χ1n) is 6.12. The first-order valence-corrected chi connectivity index (χ1v) is 6.12. The first kappa shape index (κ1) is 12.3. The van der Waals surface area contributed by atoms with Crippen molar-refractivity contribution in [2.75, 3.05) is 5.73 Å². The van der Waals surface area contributed by atoms with Gasteiger partial charge in [0.2, 0.25) is 5.92 Å². The van der Waals surface area contributed by atoms with Gasteiger partial charge in [0.05, 0.1) is 11.7 Å². The largest absolute Gasteiger partial charge is 0.384 e. The summed E-state index contributed by atoms with van der Waals surface area (Å²) in [6, 6.07) is 1.87. The topological polar surface area (TPSA) is 43.8 Å². The van der Waals surface area contributed by atoms with E-state index in [9.17, 15) is 8.78 Å². The van der Waals surface area contributed by atoms with Gasteiger partial charge in [-0.3, -0.25) is 0 Å². The van der Waals surface area contributed by atoms with Gasteiger partial charge < -0.3 is 5.73 Å². The average molecular weight is 243 g/mol. The molecule has 0 amide bonds. The molecule has 0 spiro atoms. The lowest BCUT2D eigenvalue weighted by Crippen LogP contribution is -2.27. The van der Waals surface area contributed by atoms with Crippen molar-refractivity contribution >= 4 is 5.82 Å². The summed E-state index contributed by atoms with van der Waals surface area (Å²) < 4.78 is 27.9. The zero-order chi connectivity index (χ0) is 12.6. The molecule has 96 valence electrons. The zero-order valence-corrected chi connectivity index (χ0v) is 10.3. The zero-order valence-electron chi connectivity index (χ0n) is 10.3. The lowest BCUT2D eigenvalue weighted by molar-refractivity contribution is -0.0448. The van der Waals surface area contributed by atoms with Crippen molar-refractivity contribution in [1.29, 1.82) is 0 Å². The van der Waals surface area contributed by atoms with Crippen LogP contribution in [0.1, 0.15) is 57.2 Å². The van der Waals surface area contributed by atoms with Crippen molar-refractivity contribution < 1.29 is 8.78 Å². The van der Waals surface area contributed by atoms with Gasteiger partial charge in [-0.1, -0.05) is 13.8 Å². The lowest BCUT2D eigenvalue weighted by Gasteiger charge is -2.28. The first-order chi connectivity index (χ1) is 7.89. The monoisotopic (exact) mass is 243 g/mol. The van der Waals surface area contributed by atoms with Gasteiger partial charge in [0, 0.05) is 18.9 Å². The van der Waals surface area contributed by atoms with E-state index in [0.717, 1.165) is 5.69 Å². The smallest absolute Gasteiger partial charge is 0.248 e. The van der Waals surface area contributed by atoms with Gasteiger partial charge in [-0.25, -0.2) is 13.5 Å². The molecule has 0 aromatic carbocycles. The summed E-state index contributed by atoms with van der Waals surface area (Å²) in [5, 5.41) is 4.43. The van der Waals surface area contributed by atoms with Crippen LogP contribution in [0.4, 0.5) is 14.6 Å². The molecule has 5 heteroatoms. The number of nitrogen functional groups attached to an aromatic ring is 1. The fraction of sp³-hybridized carbons (Fsp3) is 0.750. The van der Waals surface area contributed by atoms with E-state index in [-0.39, 0.29) is 18.9 Å². The molecule has 17 heavy (non-hydrogen) atoms. The summed E-state index contributed by atoms with van der Waals surface area (Å²) >= 11 is 0. The van der Waals surface area contributed by atoms with Crippen LogP contribution in [0.25, 0.3) is 0 Å². The van der Waals surface area contributed by atoms with Gasteiger partial charge in [-0.05, 0) is 18.8 Å². The molecule has 1 aromatic heterocycles. The highest BCUT2D eigenvalue weighted by Crippen LogP contribution is 2.39. The fourth-order valence-corrected chi connectivity index (χ4v) is 2.27. The number of hydrogen-bond acceptors (Lipinski definition) is 2. The van der Waals surface area contributed by atoms with Crippen LogP contribution >= 0.6 is 0 Å². The molecular weight excluding hydrogens is 224 g/mol. The Balaban J connectivity index is 2.13. The Morgan fingerprint density at radius 2 is 2.00 bits per heavy atom. The second-order valence-corrected chi connectivity index (χ2v) is 5.18. The third kappa shape index (κ3) is 2.58. The minimum absolute atomic E-state index is 0.0297. The van der Waals surface area contributed by atoms with Crippen LogP contribution in [-0.2, 0) is 0 Å². The Morgan fingerprint density at radius 3 is 2.47 bits per heavy atom. The van der Waals surface area contributed by atoms with Crippen molar-refractivity contribution in [3.05, 3.63) is 11.8 Å². The maximum atomic E-state index is 13.1. The van der Waals surface area contributed by atoms with Gasteiger partial charge in [0.25, 0.3) is 0 Å². The predicted octanol–water partition coefficient (Wildman–Crippen LogP) is 3.34. The van der Waals surface area contributed by atoms with E-state index in [4.69, 9.17) is 5.73 Å². The quantitative estimate of drug-likeness (QED) is 0.865. The van der Waals surface area contributed by atoms with E-state index < -0.39 is 5.92 Å². The summed E-state index contributed by atoms with van der Waals surface area (Å²) in [5.74, 6) is -1.60. The highest BCUT2D eigenvalue weighted by atomic mass is 19.3. The van der Waals surface area contributed by atoms with E-state index in [1.54, 1.807) is 4.68 Å². The van der Waals surface area contributed by atoms with E-state index >= 15 is 0 Å². The molecule has 0 unspecified atom stereocenters. The number of nitrogens with zero attached hydrogens (tertiary/aromatic N) is 2. The summed E-state index contributed by atoms with van der Waals surface area (Å²) in [5.41, 5.74) is 6.82. The molecule has 3 nitrogen and oxygen atoms in total. The van der Waals surface area contributed by atoms with Crippen LogP contribution in [0, 0.1) is 0 Å². The molecule has 1 aliphatic carbocycles. The highest BCUT2D eigenvalue weighted by Gasteiger charge is 2.36. The third-order valence-electron chi connectivity index (χ3n) is 3.41. The second-order valence-electron chi connectivity index (χ2n) is 5.18. The van der Waals surface area contributed by atoms with Gasteiger partial charge in [-0.2, -0.15) is 5.10 Å². The van der Waals surface area contributed by atoms with Gasteiger partial charge in [-0.15, -0.1) is 0 Å². The Labute approximate surface area is 100.0 Å². The van der Waals surface area contributed by atoms with E-state index in [0.29, 0.717) is 24.6 Å². The maximum absolute atomic E-state index is 13.1. The second kappa shape index (κ2) is 4.27. The molecule has 1 aromatic rings. The molecule has 1 saturated carbocycles. The Kier molecular flexibility index (Phi) is 3.10. The Hall–Kier alpha value is -1.13. The van der Waals surface area contributed by atoms with Crippen molar-refractivity contribution in [2.45, 2.75) is 57.4 Å². The third-order valence-corrected chi connectivity index (χ3v) is 3.41. The van der Waals surface area contributed by atoms with Crippen LogP contribution in [0.15, 0.2) is 6.07 Å². The number of aromatic nitrogens is 2. The molecule has 2 rings (SSSR count). The molecule has 0 saturated heterocycles. The summed E-state index contributed by atoms with van der Waals surface area (Å²) in [4.78, 5) is 0. The van der Waals surface area contributed by atoms with Crippen LogP contribution in [0.5, 0.6) is 0 Å². The maximum Gasteiger partial charge on any atom is 0.248 e. The van der Waals surface area contributed by atoms with E-state index in [1.165, 1.54) is 0 Å². The number of hydrogen-bond donors (Lipinski definition) is 1. The number of rotatable bonds is 2. The predicted molar refractivity (Wildman–Crippen MR) is 63.2 cm³/mol. The fourth-order valence-electron chi connectivity index (χ4n) is 2.27. The van der Waals surface area contributed by atoms with Crippen LogP contribution in [0.3, 0.4) is 0 Å². The molecule has 1 heterocycles. The minimum Gasteiger partial charge on any atom is -0.384 e. The number of halogens is 2. The lowest BCUT2D eigenvalue weighted by atomic mass is 9.92. The number of alkyl halides is 2. The molecular formula is C12H19F2N3. The number of nitrogens with two attached hydrogens (primary N) is 1. The van der Waals surface area contributed by atoms with E-state index in [1.807, 2.05) is 19.9 Å². The van der Waals surface area contributed by atoms with Crippen LogP contribution in [-0.4, -0.2) is 15.7 Å². The Bertz CT molecular complexity index is 388. The average Bonchev–Trinajstić information content (AvgIpc) is 2.61. The molecule has 1 fully saturated rings. The summed E-state index contributed by atoms with van der Waals surface area (Å²) in [7, 11) is 0. The standard InChI is InChI=1S/C12H19F2N3/c1-8(2)10-7-11(15)17(16-10)9-3-5-12(13,14)6-4-9/h7-9H,3-6,15H2,1-2H3. The molecule has 0 aliphatic heterocycles. The molecule has 2 N–H and O–H groups in total. The van der Waals surface area contributed by atoms with E-state index in [2.05, 4.69) is 5.10 Å². The molecule has 0 atom stereocenters. The van der Waals surface area contributed by atoms with Crippen molar-refractivity contribution in [1.82, 2.24) is 9.78 Å². The summed E-state index contributed by atoms with van der Waals surface area (Å²) in [6.45, 7) is 4.09. The van der Waals surface area contributed by atoms with Crippen molar-refractivity contribution in [2.24, 2.45) is 0 Å². The molecule has 0 bridgehead atoms. The minimum atomic E-state index is -2.50. The van der Waals surface area contributed by atoms with Gasteiger partial charge in [0.1, 0.15) is 5.82 Å². The normalized spacial score (nSPS) is 21.0. The molecule has 1 aliphatic rings. The van der Waals surface area contributed by atoms with Crippen molar-refractivity contribution in [3.63, 3.8) is 0 Å². The molecule has 0 radical (unpaired) electrons. The SMILES string of the molecule is CC(C)c1cc(N)n(C2CCC(F)(F)CC2)n1. The van der Waals surface area contributed by atoms with Gasteiger partial charge in [0.15, 0.2) is 0 Å². The number of anilines is 1. The van der Waals surface area contributed by atoms with Crippen LogP contribution < -0.4 is 5.73 Å². The van der Waals surface area contributed by atoms with Gasteiger partial charge >= 0.3 is 0 Å². The highest BCUT2D eigenvalue weighted by molar-refractivity contribution is 5.32. The Morgan fingerprint density at radius 1 is 1.41 bits per heavy atom. The van der Waals surface area contributed by atoms with Crippen LogP contribution in [0.2, 0.25) is 0 Å². The summed E-state index contributed by atoms with van der Waals surface area (Å²) in [6.07, 6.45) is 0.786.